The van der Waals surface area contributed by atoms with Gasteiger partial charge in [0, 0.05) is 22.7 Å². The van der Waals surface area contributed by atoms with E-state index in [2.05, 4.69) is 33.1 Å². The van der Waals surface area contributed by atoms with Crippen LogP contribution in [-0.2, 0) is 0 Å². The molecule has 0 saturated carbocycles. The van der Waals surface area contributed by atoms with Crippen molar-refractivity contribution in [3.05, 3.63) is 28.2 Å². The standard InChI is InChI=1S/C12H17BrN2O2/c1-8(15(2)3)7-14-11-5-4-9(13)6-10(11)12(16)17/h4-6,8,14H,7H2,1-3H3,(H,16,17). The Morgan fingerprint density at radius 2 is 2.18 bits per heavy atom. The van der Waals surface area contributed by atoms with Gasteiger partial charge in [0.25, 0.3) is 0 Å². The van der Waals surface area contributed by atoms with Crippen LogP contribution < -0.4 is 5.32 Å². The van der Waals surface area contributed by atoms with Gasteiger partial charge in [-0.05, 0) is 39.2 Å². The number of nitrogens with one attached hydrogen (secondary N) is 1. The first-order chi connectivity index (χ1) is 7.91. The zero-order valence-electron chi connectivity index (χ0n) is 10.2. The molecule has 0 fully saturated rings. The second-order valence-corrected chi connectivity index (χ2v) is 5.10. The molecular weight excluding hydrogens is 284 g/mol. The maximum absolute atomic E-state index is 11.1. The third kappa shape index (κ3) is 4.02. The van der Waals surface area contributed by atoms with E-state index >= 15 is 0 Å². The van der Waals surface area contributed by atoms with Crippen molar-refractivity contribution in [1.82, 2.24) is 4.90 Å². The Labute approximate surface area is 110 Å². The van der Waals surface area contributed by atoms with E-state index in [4.69, 9.17) is 5.11 Å². The predicted molar refractivity (Wildman–Crippen MR) is 72.7 cm³/mol. The van der Waals surface area contributed by atoms with E-state index in [1.54, 1.807) is 12.1 Å². The first-order valence-corrected chi connectivity index (χ1v) is 6.14. The highest BCUT2D eigenvalue weighted by Gasteiger charge is 2.11. The number of hydrogen-bond acceptors (Lipinski definition) is 3. The number of aromatic carboxylic acids is 1. The molecule has 1 aromatic rings. The summed E-state index contributed by atoms with van der Waals surface area (Å²) in [4.78, 5) is 13.2. The lowest BCUT2D eigenvalue weighted by molar-refractivity contribution is 0.0698. The summed E-state index contributed by atoms with van der Waals surface area (Å²) in [6, 6.07) is 5.54. The zero-order chi connectivity index (χ0) is 13.0. The van der Waals surface area contributed by atoms with Gasteiger partial charge in [-0.3, -0.25) is 0 Å². The summed E-state index contributed by atoms with van der Waals surface area (Å²) in [5.41, 5.74) is 0.930. The smallest absolute Gasteiger partial charge is 0.337 e. The third-order valence-electron chi connectivity index (χ3n) is 2.68. The van der Waals surface area contributed by atoms with Crippen molar-refractivity contribution >= 4 is 27.6 Å². The average Bonchev–Trinajstić information content (AvgIpc) is 2.26. The molecule has 17 heavy (non-hydrogen) atoms. The van der Waals surface area contributed by atoms with Crippen LogP contribution in [0, 0.1) is 0 Å². The first-order valence-electron chi connectivity index (χ1n) is 5.35. The lowest BCUT2D eigenvalue weighted by atomic mass is 10.1. The monoisotopic (exact) mass is 300 g/mol. The number of rotatable bonds is 5. The topological polar surface area (TPSA) is 52.6 Å². The molecule has 0 heterocycles. The van der Waals surface area contributed by atoms with Gasteiger partial charge < -0.3 is 15.3 Å². The predicted octanol–water partition coefficient (Wildman–Crippen LogP) is 2.51. The molecule has 1 unspecified atom stereocenters. The molecule has 0 spiro atoms. The van der Waals surface area contributed by atoms with Crippen LogP contribution >= 0.6 is 15.9 Å². The van der Waals surface area contributed by atoms with Crippen molar-refractivity contribution < 1.29 is 9.90 Å². The van der Waals surface area contributed by atoms with Gasteiger partial charge in [-0.25, -0.2) is 4.79 Å². The SMILES string of the molecule is CC(CNc1ccc(Br)cc1C(=O)O)N(C)C. The number of carboxylic acid groups (broad SMARTS) is 1. The minimum atomic E-state index is -0.925. The fourth-order valence-corrected chi connectivity index (χ4v) is 1.65. The summed E-state index contributed by atoms with van der Waals surface area (Å²) in [7, 11) is 3.98. The van der Waals surface area contributed by atoms with Gasteiger partial charge in [0.15, 0.2) is 0 Å². The van der Waals surface area contributed by atoms with E-state index < -0.39 is 5.97 Å². The van der Waals surface area contributed by atoms with Gasteiger partial charge in [-0.15, -0.1) is 0 Å². The van der Waals surface area contributed by atoms with Crippen LogP contribution in [0.3, 0.4) is 0 Å². The molecule has 0 aliphatic carbocycles. The fraction of sp³-hybridized carbons (Fsp3) is 0.417. The summed E-state index contributed by atoms with van der Waals surface area (Å²) in [6.45, 7) is 2.78. The maximum atomic E-state index is 11.1. The van der Waals surface area contributed by atoms with Crippen LogP contribution in [0.25, 0.3) is 0 Å². The van der Waals surface area contributed by atoms with E-state index in [-0.39, 0.29) is 5.56 Å². The molecule has 1 aromatic carbocycles. The number of carboxylic acids is 1. The number of nitrogens with zero attached hydrogens (tertiary/aromatic N) is 1. The molecule has 5 heteroatoms. The van der Waals surface area contributed by atoms with Gasteiger partial charge in [0.2, 0.25) is 0 Å². The van der Waals surface area contributed by atoms with Crippen molar-refractivity contribution in [2.75, 3.05) is 26.0 Å². The summed E-state index contributed by atoms with van der Waals surface area (Å²) in [5, 5.41) is 12.3. The molecule has 0 amide bonds. The molecule has 1 rings (SSSR count). The quantitative estimate of drug-likeness (QED) is 0.877. The Bertz CT molecular complexity index is 407. The molecule has 0 aromatic heterocycles. The largest absolute Gasteiger partial charge is 0.478 e. The Morgan fingerprint density at radius 3 is 2.71 bits per heavy atom. The van der Waals surface area contributed by atoms with E-state index in [1.807, 2.05) is 20.2 Å². The Morgan fingerprint density at radius 1 is 1.53 bits per heavy atom. The normalized spacial score (nSPS) is 12.5. The Kier molecular flexibility index (Phi) is 4.96. The number of halogens is 1. The van der Waals surface area contributed by atoms with Crippen molar-refractivity contribution in [2.45, 2.75) is 13.0 Å². The highest BCUT2D eigenvalue weighted by Crippen LogP contribution is 2.21. The van der Waals surface area contributed by atoms with Crippen LogP contribution in [0.4, 0.5) is 5.69 Å². The van der Waals surface area contributed by atoms with Crippen LogP contribution in [0.15, 0.2) is 22.7 Å². The van der Waals surface area contributed by atoms with Crippen molar-refractivity contribution in [2.24, 2.45) is 0 Å². The molecule has 0 radical (unpaired) electrons. The van der Waals surface area contributed by atoms with Gasteiger partial charge in [0.05, 0.1) is 5.56 Å². The van der Waals surface area contributed by atoms with Crippen molar-refractivity contribution in [3.8, 4) is 0 Å². The molecule has 0 bridgehead atoms. The summed E-state index contributed by atoms with van der Waals surface area (Å²) in [5.74, 6) is -0.925. The van der Waals surface area contributed by atoms with E-state index in [9.17, 15) is 4.79 Å². The molecule has 0 saturated heterocycles. The van der Waals surface area contributed by atoms with E-state index in [0.717, 1.165) is 4.47 Å². The Balaban J connectivity index is 2.80. The lowest BCUT2D eigenvalue weighted by Gasteiger charge is -2.21. The van der Waals surface area contributed by atoms with E-state index in [0.29, 0.717) is 18.3 Å². The molecule has 4 nitrogen and oxygen atoms in total. The van der Waals surface area contributed by atoms with Crippen LogP contribution in [0.1, 0.15) is 17.3 Å². The minimum absolute atomic E-state index is 0.283. The number of benzene rings is 1. The highest BCUT2D eigenvalue weighted by atomic mass is 79.9. The molecular formula is C12H17BrN2O2. The zero-order valence-corrected chi connectivity index (χ0v) is 11.8. The summed E-state index contributed by atoms with van der Waals surface area (Å²) in [6.07, 6.45) is 0. The lowest BCUT2D eigenvalue weighted by Crippen LogP contribution is -2.31. The van der Waals surface area contributed by atoms with Gasteiger partial charge in [-0.2, -0.15) is 0 Å². The van der Waals surface area contributed by atoms with Gasteiger partial charge >= 0.3 is 5.97 Å². The fourth-order valence-electron chi connectivity index (χ4n) is 1.29. The molecule has 2 N–H and O–H groups in total. The number of anilines is 1. The van der Waals surface area contributed by atoms with Crippen molar-refractivity contribution in [1.29, 1.82) is 0 Å². The van der Waals surface area contributed by atoms with Crippen LogP contribution in [-0.4, -0.2) is 42.7 Å². The van der Waals surface area contributed by atoms with Crippen LogP contribution in [0.2, 0.25) is 0 Å². The van der Waals surface area contributed by atoms with Crippen molar-refractivity contribution in [3.63, 3.8) is 0 Å². The maximum Gasteiger partial charge on any atom is 0.337 e. The second kappa shape index (κ2) is 6.02. The minimum Gasteiger partial charge on any atom is -0.478 e. The number of carbonyl (C=O) groups is 1. The Hall–Kier alpha value is -1.07. The average molecular weight is 301 g/mol. The summed E-state index contributed by atoms with van der Waals surface area (Å²) >= 11 is 3.27. The number of hydrogen-bond donors (Lipinski definition) is 2. The van der Waals surface area contributed by atoms with Gasteiger partial charge in [0.1, 0.15) is 0 Å². The molecule has 0 aliphatic rings. The van der Waals surface area contributed by atoms with E-state index in [1.165, 1.54) is 0 Å². The first kappa shape index (κ1) is 14.0. The second-order valence-electron chi connectivity index (χ2n) is 4.19. The number of likely N-dealkylation sites (N-methyl/N-ethyl adjacent to an activating group) is 1. The summed E-state index contributed by atoms with van der Waals surface area (Å²) < 4.78 is 0.765. The van der Waals surface area contributed by atoms with Crippen LogP contribution in [0.5, 0.6) is 0 Å². The molecule has 94 valence electrons. The highest BCUT2D eigenvalue weighted by molar-refractivity contribution is 9.10. The molecule has 1 atom stereocenters. The third-order valence-corrected chi connectivity index (χ3v) is 3.17. The van der Waals surface area contributed by atoms with Gasteiger partial charge in [-0.1, -0.05) is 15.9 Å². The molecule has 0 aliphatic heterocycles.